The second-order valence-corrected chi connectivity index (χ2v) is 34.4. The molecule has 0 radical (unpaired) electrons. The number of amides is 4. The molecule has 2 saturated heterocycles. The maximum Gasteiger partial charge on any atom is 0.408 e. The van der Waals surface area contributed by atoms with E-state index >= 15 is 0 Å². The van der Waals surface area contributed by atoms with Gasteiger partial charge in [-0.25, -0.2) is 27.6 Å². The summed E-state index contributed by atoms with van der Waals surface area (Å²) >= 11 is 5.83. The summed E-state index contributed by atoms with van der Waals surface area (Å²) in [6.07, 6.45) is -9.22. The fourth-order valence-corrected chi connectivity index (χ4v) is 17.8. The number of halogens is 1. The molecule has 30 atom stereocenters. The summed E-state index contributed by atoms with van der Waals surface area (Å²) in [5.41, 5.74) is 9.59. The Hall–Kier alpha value is -7.60. The molecule has 678 valence electrons. The normalized spacial score (nSPS) is 34.7. The molecule has 0 unspecified atom stereocenters. The number of benzene rings is 4. The zero-order valence-electron chi connectivity index (χ0n) is 69.8. The van der Waals surface area contributed by atoms with Crippen molar-refractivity contribution >= 4 is 45.8 Å². The Morgan fingerprint density at radius 3 is 1.00 bits per heavy atom. The van der Waals surface area contributed by atoms with Crippen molar-refractivity contribution in [3.05, 3.63) is 192 Å². The Morgan fingerprint density at radius 2 is 0.699 bits per heavy atom. The van der Waals surface area contributed by atoms with Crippen LogP contribution >= 0.6 is 11.6 Å². The van der Waals surface area contributed by atoms with Crippen molar-refractivity contribution in [3.8, 4) is 0 Å². The molecular weight excluding hydrogens is 1640 g/mol. The Morgan fingerprint density at radius 1 is 0.407 bits per heavy atom. The fraction of sp³-hybridized carbons (Fsp3) is 0.591. The Labute approximate surface area is 722 Å². The monoisotopic (exact) mass is 1760 g/mol. The van der Waals surface area contributed by atoms with E-state index in [4.69, 9.17) is 93.1 Å². The number of hydrogen-bond acceptors (Lipinski definition) is 29. The SMILES string of the molecule is CC[C@H]1C=C[C@@H](NC(=O)OCc2ccccc2)[C@@H](O[C@H]2[C@@H](O)[C@H](O[C@@H]3[C@@H](O)[C@H](CS(=O)(=O)CCCCl)C[C@H](C)[C@H]3O[C@H]3O[C@H](CC)C=C[C@H]3NC(=O)OCc3ccccc3)O[C@@H]2CO)O1.CC[C@H]1C=C[C@@H](NC(=O)OCc2ccccc2)[C@@H](O[C@H]2[C@@H](O)[C@H](O[C@@H]3[C@@H](O)[C@H](N)C[C@H](C)[C@H]3O[C@H]3O[C@H](CC)C=C[C@H]3NC(=O)OCc3ccccc3)O[C@@H]2CO)O1. The van der Waals surface area contributed by atoms with E-state index in [0.717, 1.165) is 22.3 Å². The zero-order chi connectivity index (χ0) is 87.7. The van der Waals surface area contributed by atoms with Crippen LogP contribution in [-0.4, -0.2) is 260 Å². The van der Waals surface area contributed by atoms with E-state index in [1.165, 1.54) is 0 Å². The largest absolute Gasteiger partial charge is 0.445 e. The number of alkyl carbamates (subject to hydrolysis) is 4. The van der Waals surface area contributed by atoms with E-state index in [2.05, 4.69) is 21.3 Å². The molecule has 4 aromatic rings. The van der Waals surface area contributed by atoms with Gasteiger partial charge in [0.15, 0.2) is 47.6 Å². The van der Waals surface area contributed by atoms with Crippen LogP contribution < -0.4 is 27.0 Å². The maximum atomic E-state index is 13.2. The summed E-state index contributed by atoms with van der Waals surface area (Å²) in [4.78, 5) is 51.7. The molecule has 4 aromatic carbocycles. The van der Waals surface area contributed by atoms with E-state index in [-0.39, 0.29) is 74.8 Å². The van der Waals surface area contributed by atoms with Crippen LogP contribution in [0.4, 0.5) is 19.2 Å². The van der Waals surface area contributed by atoms with Gasteiger partial charge in [-0.1, -0.05) is 211 Å². The van der Waals surface area contributed by atoms with Crippen molar-refractivity contribution in [2.24, 2.45) is 23.5 Å². The molecule has 0 aromatic heterocycles. The van der Waals surface area contributed by atoms with E-state index in [1.807, 2.05) is 169 Å². The van der Waals surface area contributed by atoms with Crippen LogP contribution in [0.5, 0.6) is 0 Å². The van der Waals surface area contributed by atoms with Gasteiger partial charge in [0.05, 0.1) is 73.6 Å². The van der Waals surface area contributed by atoms with E-state index in [0.29, 0.717) is 32.1 Å². The lowest BCUT2D eigenvalue weighted by Gasteiger charge is -2.46. The number of aliphatic hydroxyl groups excluding tert-OH is 6. The number of hydrogen-bond donors (Lipinski definition) is 11. The first kappa shape index (κ1) is 96.0. The first-order valence-corrected chi connectivity index (χ1v) is 44.7. The number of rotatable bonds is 35. The fourth-order valence-electron chi connectivity index (χ4n) is 15.8. The third-order valence-corrected chi connectivity index (χ3v) is 24.7. The standard InChI is InChI=1S/C46H63ClN2O15S.C42H57N3O13/c1-4-32-17-19-34(48-45(53)57-25-29-13-8-6-9-14-29)42(59-32)62-39-28(3)23-31(27-65(55,56)22-12-21-47)37(51)41(39)64-44-38(52)40(36(24-50)61-44)63-43-35(20-18-33(5-2)60-43)49-46(54)58-26-30-15-10-7-11-16-30;1-4-27-16-18-30(44-41(49)51-22-25-12-8-6-9-13-25)38(53-27)56-35-24(3)20-29(43)33(47)37(35)58-40-34(48)36(32(21-46)55-40)57-39-31(19-17-28(5-2)54-39)45-42(50)52-23-26-14-10-7-11-15-26/h6-11,13-20,28,31-44,50-52H,4-5,12,21-27H2,1-3H3,(H,48,53)(H,49,54);6-19,24,27-40,46-48H,4-5,20-23,43H2,1-3H3,(H,44,49)(H,45,50)/t28-,31-,32+,33-,34+,35+,36+,37-,38+,39+,40+,41+,42+,43+,44-;24-,27+,28-,29+,30+,31+,32+,33-,34+,35+,36+,37+,38+,39+,40-/m00/s1. The predicted molar refractivity (Wildman–Crippen MR) is 444 cm³/mol. The third kappa shape index (κ3) is 27.2. The molecule has 2 aliphatic carbocycles. The Bertz CT molecular complexity index is 4140. The second-order valence-electron chi connectivity index (χ2n) is 31.8. The minimum Gasteiger partial charge on any atom is -0.445 e. The highest BCUT2D eigenvalue weighted by atomic mass is 35.5. The molecule has 0 spiro atoms. The van der Waals surface area contributed by atoms with Crippen LogP contribution in [0.1, 0.15) is 109 Å². The van der Waals surface area contributed by atoms with Crippen molar-refractivity contribution in [1.82, 2.24) is 21.3 Å². The molecule has 33 nitrogen and oxygen atoms in total. The summed E-state index contributed by atoms with van der Waals surface area (Å²) < 4.78 is 124. The van der Waals surface area contributed by atoms with Gasteiger partial charge >= 0.3 is 24.4 Å². The van der Waals surface area contributed by atoms with Crippen molar-refractivity contribution in [1.29, 1.82) is 0 Å². The molecule has 8 aliphatic rings. The van der Waals surface area contributed by atoms with Crippen LogP contribution in [0, 0.1) is 17.8 Å². The van der Waals surface area contributed by atoms with Crippen molar-refractivity contribution in [2.75, 3.05) is 30.6 Å². The highest BCUT2D eigenvalue weighted by Gasteiger charge is 2.56. The lowest BCUT2D eigenvalue weighted by Crippen LogP contribution is -2.61. The third-order valence-electron chi connectivity index (χ3n) is 22.6. The maximum absolute atomic E-state index is 13.2. The first-order valence-electron chi connectivity index (χ1n) is 42.3. The van der Waals surface area contributed by atoms with E-state index < -0.39 is 213 Å². The van der Waals surface area contributed by atoms with Crippen LogP contribution in [-0.2, 0) is 112 Å². The predicted octanol–water partition coefficient (Wildman–Crippen LogP) is 7.17. The quantitative estimate of drug-likeness (QED) is 0.0123. The number of aliphatic hydroxyl groups is 6. The molecule has 4 fully saturated rings. The molecule has 2 saturated carbocycles. The summed E-state index contributed by atoms with van der Waals surface area (Å²) in [7, 11) is -3.67. The number of carbonyl (C=O) groups excluding carboxylic acids is 4. The van der Waals surface area contributed by atoms with Crippen LogP contribution in [0.3, 0.4) is 0 Å². The molecule has 0 bridgehead atoms. The van der Waals surface area contributed by atoms with Gasteiger partial charge in [-0.3, -0.25) is 0 Å². The second kappa shape index (κ2) is 47.3. The average Bonchev–Trinajstić information content (AvgIpc) is 1.58. The summed E-state index contributed by atoms with van der Waals surface area (Å²) in [5.74, 6) is -1.98. The number of nitrogens with two attached hydrogens (primary N) is 1. The summed E-state index contributed by atoms with van der Waals surface area (Å²) in [6, 6.07) is 32.8. The van der Waals surface area contributed by atoms with Gasteiger partial charge in [-0.15, -0.1) is 11.6 Å². The van der Waals surface area contributed by atoms with E-state index in [9.17, 15) is 58.2 Å². The minimum absolute atomic E-state index is 0.0195. The highest BCUT2D eigenvalue weighted by Crippen LogP contribution is 2.41. The number of carbonyl (C=O) groups is 4. The van der Waals surface area contributed by atoms with Gasteiger partial charge in [0, 0.05) is 17.8 Å². The topological polar surface area (TPSA) is 446 Å². The molecule has 123 heavy (non-hydrogen) atoms. The number of sulfone groups is 1. The van der Waals surface area contributed by atoms with Gasteiger partial charge < -0.3 is 133 Å². The van der Waals surface area contributed by atoms with Crippen molar-refractivity contribution in [2.45, 2.75) is 279 Å². The van der Waals surface area contributed by atoms with E-state index in [1.54, 1.807) is 42.5 Å². The number of ether oxygens (including phenoxy) is 16. The van der Waals surface area contributed by atoms with Gasteiger partial charge in [0.25, 0.3) is 0 Å². The minimum atomic E-state index is -3.67. The zero-order valence-corrected chi connectivity index (χ0v) is 71.4. The summed E-state index contributed by atoms with van der Waals surface area (Å²) in [6.45, 7) is 10.4. The molecule has 6 heterocycles. The smallest absolute Gasteiger partial charge is 0.408 e. The average molecular weight is 1760 g/mol. The lowest BCUT2D eigenvalue weighted by atomic mass is 9.77. The molecule has 6 aliphatic heterocycles. The van der Waals surface area contributed by atoms with Crippen LogP contribution in [0.2, 0.25) is 0 Å². The number of nitrogens with one attached hydrogen (secondary N) is 4. The molecule has 4 amide bonds. The van der Waals surface area contributed by atoms with Crippen molar-refractivity contribution in [3.63, 3.8) is 0 Å². The van der Waals surface area contributed by atoms with Gasteiger partial charge in [0.2, 0.25) is 0 Å². The highest BCUT2D eigenvalue weighted by molar-refractivity contribution is 7.91. The molecule has 12 N–H and O–H groups in total. The Balaban J connectivity index is 0.000000241. The van der Waals surface area contributed by atoms with Gasteiger partial charge in [-0.05, 0) is 79.0 Å². The van der Waals surface area contributed by atoms with Crippen LogP contribution in [0.15, 0.2) is 170 Å². The molecule has 35 heteroatoms. The Kier molecular flexibility index (Phi) is 36.9. The molecule has 12 rings (SSSR count). The first-order chi connectivity index (χ1) is 59.4. The van der Waals surface area contributed by atoms with Gasteiger partial charge in [-0.2, -0.15) is 0 Å². The van der Waals surface area contributed by atoms with Crippen LogP contribution in [0.25, 0.3) is 0 Å². The number of alkyl halides is 1. The van der Waals surface area contributed by atoms with Gasteiger partial charge in [0.1, 0.15) is 99.4 Å². The summed E-state index contributed by atoms with van der Waals surface area (Å²) in [5, 5.41) is 79.0. The van der Waals surface area contributed by atoms with Crippen molar-refractivity contribution < 1.29 is 134 Å². The molecular formula is C88H120ClN5O28S. The lowest BCUT2D eigenvalue weighted by molar-refractivity contribution is -0.290.